The SMILES string of the molecule is BrCc1ncoc1C1CCC1. The smallest absolute Gasteiger partial charge is 0.181 e. The highest BCUT2D eigenvalue weighted by atomic mass is 79.9. The summed E-state index contributed by atoms with van der Waals surface area (Å²) in [7, 11) is 0. The first-order chi connectivity index (χ1) is 5.42. The molecule has 0 radical (unpaired) electrons. The minimum absolute atomic E-state index is 0.657. The number of oxazole rings is 1. The topological polar surface area (TPSA) is 26.0 Å². The van der Waals surface area contributed by atoms with Crippen LogP contribution in [0.5, 0.6) is 0 Å². The minimum Gasteiger partial charge on any atom is -0.448 e. The lowest BCUT2D eigenvalue weighted by molar-refractivity contribution is 0.344. The van der Waals surface area contributed by atoms with Crippen LogP contribution in [0.1, 0.15) is 36.6 Å². The fraction of sp³-hybridized carbons (Fsp3) is 0.625. The summed E-state index contributed by atoms with van der Waals surface area (Å²) in [5.41, 5.74) is 1.08. The molecule has 2 nitrogen and oxygen atoms in total. The lowest BCUT2D eigenvalue weighted by Gasteiger charge is -2.23. The van der Waals surface area contributed by atoms with Gasteiger partial charge >= 0.3 is 0 Å². The maximum Gasteiger partial charge on any atom is 0.181 e. The molecule has 1 saturated carbocycles. The van der Waals surface area contributed by atoms with Crippen LogP contribution >= 0.6 is 15.9 Å². The third-order valence-corrected chi connectivity index (χ3v) is 2.81. The molecule has 0 atom stereocenters. The lowest BCUT2D eigenvalue weighted by Crippen LogP contribution is -2.09. The summed E-state index contributed by atoms with van der Waals surface area (Å²) in [6, 6.07) is 0. The van der Waals surface area contributed by atoms with Crippen LogP contribution in [0, 0.1) is 0 Å². The van der Waals surface area contributed by atoms with E-state index in [1.165, 1.54) is 19.3 Å². The van der Waals surface area contributed by atoms with Gasteiger partial charge in [-0.2, -0.15) is 0 Å². The molecule has 60 valence electrons. The standard InChI is InChI=1S/C8H10BrNO/c9-4-7-8(11-5-10-7)6-2-1-3-6/h5-6H,1-4H2. The monoisotopic (exact) mass is 215 g/mol. The minimum atomic E-state index is 0.657. The van der Waals surface area contributed by atoms with E-state index in [2.05, 4.69) is 20.9 Å². The van der Waals surface area contributed by atoms with Crippen LogP contribution in [0.4, 0.5) is 0 Å². The van der Waals surface area contributed by atoms with Gasteiger partial charge in [0.05, 0.1) is 5.69 Å². The first-order valence-corrected chi connectivity index (χ1v) is 5.02. The number of alkyl halides is 1. The van der Waals surface area contributed by atoms with E-state index in [0.717, 1.165) is 16.8 Å². The largest absolute Gasteiger partial charge is 0.448 e. The number of halogens is 1. The molecule has 0 aromatic carbocycles. The molecule has 1 fully saturated rings. The normalized spacial score (nSPS) is 18.3. The van der Waals surface area contributed by atoms with Crippen LogP contribution in [0.2, 0.25) is 0 Å². The first kappa shape index (κ1) is 7.35. The maximum absolute atomic E-state index is 5.32. The maximum atomic E-state index is 5.32. The van der Waals surface area contributed by atoms with Crippen molar-refractivity contribution in [1.82, 2.24) is 4.98 Å². The molecular weight excluding hydrogens is 206 g/mol. The molecule has 0 N–H and O–H groups in total. The van der Waals surface area contributed by atoms with Crippen LogP contribution in [0.25, 0.3) is 0 Å². The van der Waals surface area contributed by atoms with Gasteiger partial charge in [-0.15, -0.1) is 0 Å². The van der Waals surface area contributed by atoms with Crippen LogP contribution in [0.15, 0.2) is 10.8 Å². The van der Waals surface area contributed by atoms with Gasteiger partial charge in [0.15, 0.2) is 6.39 Å². The molecule has 1 heterocycles. The quantitative estimate of drug-likeness (QED) is 0.710. The van der Waals surface area contributed by atoms with Gasteiger partial charge in [0, 0.05) is 11.2 Å². The second-order valence-corrected chi connectivity index (χ2v) is 3.49. The summed E-state index contributed by atoms with van der Waals surface area (Å²) in [6.07, 6.45) is 5.43. The molecule has 1 aromatic heterocycles. The van der Waals surface area contributed by atoms with Crippen LogP contribution < -0.4 is 0 Å². The zero-order chi connectivity index (χ0) is 7.68. The summed E-state index contributed by atoms with van der Waals surface area (Å²) in [6.45, 7) is 0. The van der Waals surface area contributed by atoms with Gasteiger partial charge < -0.3 is 4.42 Å². The highest BCUT2D eigenvalue weighted by Crippen LogP contribution is 2.38. The fourth-order valence-corrected chi connectivity index (χ4v) is 1.80. The van der Waals surface area contributed by atoms with Crippen molar-refractivity contribution in [3.63, 3.8) is 0 Å². The average Bonchev–Trinajstić information content (AvgIpc) is 2.32. The Labute approximate surface area is 74.1 Å². The van der Waals surface area contributed by atoms with Crippen molar-refractivity contribution < 1.29 is 4.42 Å². The number of hydrogen-bond acceptors (Lipinski definition) is 2. The van der Waals surface area contributed by atoms with Crippen molar-refractivity contribution in [3.05, 3.63) is 17.8 Å². The number of nitrogens with zero attached hydrogens (tertiary/aromatic N) is 1. The van der Waals surface area contributed by atoms with E-state index in [-0.39, 0.29) is 0 Å². The van der Waals surface area contributed by atoms with Crippen molar-refractivity contribution >= 4 is 15.9 Å². The van der Waals surface area contributed by atoms with Gasteiger partial charge in [-0.25, -0.2) is 4.98 Å². The summed E-state index contributed by atoms with van der Waals surface area (Å²) in [5, 5.41) is 0.815. The van der Waals surface area contributed by atoms with Crippen LogP contribution in [-0.2, 0) is 5.33 Å². The van der Waals surface area contributed by atoms with E-state index in [1.807, 2.05) is 0 Å². The fourth-order valence-electron chi connectivity index (χ4n) is 1.38. The Balaban J connectivity index is 2.20. The van der Waals surface area contributed by atoms with E-state index in [4.69, 9.17) is 4.42 Å². The van der Waals surface area contributed by atoms with Crippen molar-refractivity contribution in [2.24, 2.45) is 0 Å². The van der Waals surface area contributed by atoms with E-state index >= 15 is 0 Å². The predicted molar refractivity (Wildman–Crippen MR) is 45.7 cm³/mol. The summed E-state index contributed by atoms with van der Waals surface area (Å²) >= 11 is 3.39. The Hall–Kier alpha value is -0.310. The molecule has 11 heavy (non-hydrogen) atoms. The Morgan fingerprint density at radius 2 is 2.45 bits per heavy atom. The average molecular weight is 216 g/mol. The third kappa shape index (κ3) is 1.22. The van der Waals surface area contributed by atoms with E-state index in [9.17, 15) is 0 Å². The molecule has 0 aliphatic heterocycles. The molecule has 2 rings (SSSR count). The van der Waals surface area contributed by atoms with Crippen molar-refractivity contribution in [2.45, 2.75) is 30.5 Å². The molecule has 0 bridgehead atoms. The Morgan fingerprint density at radius 1 is 1.64 bits per heavy atom. The molecule has 0 spiro atoms. The molecule has 0 saturated heterocycles. The summed E-state index contributed by atoms with van der Waals surface area (Å²) < 4.78 is 5.32. The van der Waals surface area contributed by atoms with Gasteiger partial charge in [0.25, 0.3) is 0 Å². The van der Waals surface area contributed by atoms with Crippen LogP contribution in [0.3, 0.4) is 0 Å². The Morgan fingerprint density at radius 3 is 3.00 bits per heavy atom. The Bertz CT molecular complexity index is 242. The van der Waals surface area contributed by atoms with Gasteiger partial charge in [-0.05, 0) is 12.8 Å². The predicted octanol–water partition coefficient (Wildman–Crippen LogP) is 2.84. The number of rotatable bonds is 2. The summed E-state index contributed by atoms with van der Waals surface area (Å²) in [5.74, 6) is 1.76. The second kappa shape index (κ2) is 2.97. The van der Waals surface area contributed by atoms with E-state index in [0.29, 0.717) is 5.92 Å². The van der Waals surface area contributed by atoms with Gasteiger partial charge in [0.2, 0.25) is 0 Å². The van der Waals surface area contributed by atoms with Gasteiger partial charge in [-0.1, -0.05) is 22.4 Å². The molecule has 1 aliphatic carbocycles. The lowest BCUT2D eigenvalue weighted by atomic mass is 9.83. The van der Waals surface area contributed by atoms with Crippen molar-refractivity contribution in [1.29, 1.82) is 0 Å². The van der Waals surface area contributed by atoms with Gasteiger partial charge in [-0.3, -0.25) is 0 Å². The molecule has 0 unspecified atom stereocenters. The van der Waals surface area contributed by atoms with Crippen molar-refractivity contribution in [3.8, 4) is 0 Å². The molecule has 0 amide bonds. The van der Waals surface area contributed by atoms with Crippen LogP contribution in [-0.4, -0.2) is 4.98 Å². The van der Waals surface area contributed by atoms with Gasteiger partial charge in [0.1, 0.15) is 5.76 Å². The second-order valence-electron chi connectivity index (χ2n) is 2.92. The molecule has 1 aromatic rings. The molecule has 1 aliphatic rings. The molecule has 3 heteroatoms. The Kier molecular flexibility index (Phi) is 1.98. The number of aromatic nitrogens is 1. The first-order valence-electron chi connectivity index (χ1n) is 3.90. The zero-order valence-corrected chi connectivity index (χ0v) is 7.80. The van der Waals surface area contributed by atoms with E-state index < -0.39 is 0 Å². The third-order valence-electron chi connectivity index (χ3n) is 2.28. The highest BCUT2D eigenvalue weighted by molar-refractivity contribution is 9.08. The van der Waals surface area contributed by atoms with Crippen molar-refractivity contribution in [2.75, 3.05) is 0 Å². The zero-order valence-electron chi connectivity index (χ0n) is 6.22. The molecular formula is C8H10BrNO. The highest BCUT2D eigenvalue weighted by Gasteiger charge is 2.25. The number of hydrogen-bond donors (Lipinski definition) is 0. The van der Waals surface area contributed by atoms with E-state index in [1.54, 1.807) is 6.39 Å². The summed E-state index contributed by atoms with van der Waals surface area (Å²) in [4.78, 5) is 4.12.